The van der Waals surface area contributed by atoms with E-state index < -0.39 is 11.2 Å². The highest BCUT2D eigenvalue weighted by Gasteiger charge is 2.36. The van der Waals surface area contributed by atoms with Gasteiger partial charge in [-0.2, -0.15) is 0 Å². The number of methoxy groups -OCH3 is 1. The Morgan fingerprint density at radius 3 is 2.38 bits per heavy atom. The van der Waals surface area contributed by atoms with Gasteiger partial charge in [-0.25, -0.2) is 8.51 Å². The number of rotatable bonds is 8. The molecule has 1 saturated carbocycles. The average molecular weight is 632 g/mol. The van der Waals surface area contributed by atoms with Crippen LogP contribution in [0.2, 0.25) is 0 Å². The van der Waals surface area contributed by atoms with E-state index in [9.17, 15) is 9.00 Å². The van der Waals surface area contributed by atoms with Crippen molar-refractivity contribution in [1.29, 1.82) is 0 Å². The Morgan fingerprint density at radius 2 is 1.73 bits per heavy atom. The average Bonchev–Trinajstić information content (AvgIpc) is 3.23. The zero-order valence-electron chi connectivity index (χ0n) is 28.0. The largest absolute Gasteiger partial charge is 0.497 e. The quantitative estimate of drug-likeness (QED) is 0.319. The van der Waals surface area contributed by atoms with Crippen LogP contribution in [0, 0.1) is 0 Å². The number of benzene rings is 2. The minimum atomic E-state index is -1.39. The van der Waals surface area contributed by atoms with Gasteiger partial charge in [0, 0.05) is 66.5 Å². The van der Waals surface area contributed by atoms with Gasteiger partial charge in [0.2, 0.25) is 0 Å². The summed E-state index contributed by atoms with van der Waals surface area (Å²) in [4.78, 5) is 18.2. The Bertz CT molecular complexity index is 1630. The van der Waals surface area contributed by atoms with Crippen molar-refractivity contribution in [3.05, 3.63) is 65.2 Å². The first kappa shape index (κ1) is 33.0. The van der Waals surface area contributed by atoms with Crippen molar-refractivity contribution in [1.82, 2.24) is 23.4 Å². The third-order valence-electron chi connectivity index (χ3n) is 9.33. The van der Waals surface area contributed by atoms with Crippen LogP contribution >= 0.6 is 0 Å². The van der Waals surface area contributed by atoms with E-state index in [0.29, 0.717) is 24.2 Å². The maximum Gasteiger partial charge on any atom is 0.251 e. The minimum Gasteiger partial charge on any atom is -0.497 e. The van der Waals surface area contributed by atoms with Gasteiger partial charge in [0.05, 0.1) is 19.3 Å². The lowest BCUT2D eigenvalue weighted by Crippen LogP contribution is -2.59. The fraction of sp³-hybridized carbons (Fsp3) is 0.472. The molecule has 1 saturated heterocycles. The maximum atomic E-state index is 14.0. The molecule has 3 aliphatic rings. The number of amides is 1. The molecule has 45 heavy (non-hydrogen) atoms. The summed E-state index contributed by atoms with van der Waals surface area (Å²) in [5, 5.41) is 1.22. The van der Waals surface area contributed by atoms with Crippen molar-refractivity contribution in [3.8, 4) is 17.0 Å². The summed E-state index contributed by atoms with van der Waals surface area (Å²) in [6.07, 6.45) is 8.14. The minimum absolute atomic E-state index is 0.0874. The number of nitrogens with zero attached hydrogens (tertiary/aromatic N) is 4. The van der Waals surface area contributed by atoms with Crippen molar-refractivity contribution in [2.24, 2.45) is 0 Å². The third-order valence-corrected chi connectivity index (χ3v) is 10.4. The van der Waals surface area contributed by atoms with Crippen LogP contribution in [0.25, 0.3) is 33.9 Å². The molecule has 242 valence electrons. The number of fused-ring (bicyclic) bond motifs is 5. The Kier molecular flexibility index (Phi) is 10.2. The topological polar surface area (TPSA) is 70.1 Å². The van der Waals surface area contributed by atoms with Crippen LogP contribution in [0.15, 0.2) is 48.6 Å². The van der Waals surface area contributed by atoms with Crippen molar-refractivity contribution < 1.29 is 13.7 Å². The summed E-state index contributed by atoms with van der Waals surface area (Å²) in [6, 6.07) is 13.1. The summed E-state index contributed by atoms with van der Waals surface area (Å²) >= 11 is -1.39. The Hall–Kier alpha value is -3.40. The van der Waals surface area contributed by atoms with E-state index >= 15 is 0 Å². The van der Waals surface area contributed by atoms with Gasteiger partial charge in [0.25, 0.3) is 5.91 Å². The van der Waals surface area contributed by atoms with Crippen LogP contribution < -0.4 is 9.46 Å². The molecular weight excluding hydrogens is 582 g/mol. The number of hydrogen-bond acceptors (Lipinski definition) is 4. The predicted octanol–water partition coefficient (Wildman–Crippen LogP) is 6.26. The standard InChI is InChI=1S/C34H43N5O3S.C2H6/c1-22(35-43(41)37(4)5)24-12-14-30-31(18-24)39-19-26(34(40)38-20-27(21-38)36(2)3)16-25-17-28(42-6)13-15-29(25)33(39)32(30)23-10-8-7-9-11-23;1-2/h12-18,23,27,35H,1,7-11,19-21H2,2-6H3;1-2H3. The monoisotopic (exact) mass is 631 g/mol. The molecule has 1 amide bonds. The molecule has 1 atom stereocenters. The highest BCUT2D eigenvalue weighted by Crippen LogP contribution is 2.47. The van der Waals surface area contributed by atoms with E-state index in [2.05, 4.69) is 71.3 Å². The Balaban J connectivity index is 0.00000196. The fourth-order valence-corrected chi connectivity index (χ4v) is 7.28. The smallest absolute Gasteiger partial charge is 0.251 e. The summed E-state index contributed by atoms with van der Waals surface area (Å²) in [5.41, 5.74) is 8.04. The highest BCUT2D eigenvalue weighted by atomic mass is 32.2. The zero-order chi connectivity index (χ0) is 32.4. The number of nitrogens with one attached hydrogen (secondary N) is 1. The molecule has 9 heteroatoms. The summed E-state index contributed by atoms with van der Waals surface area (Å²) in [6.45, 7) is 10.2. The van der Waals surface area contributed by atoms with Gasteiger partial charge in [-0.1, -0.05) is 51.8 Å². The van der Waals surface area contributed by atoms with E-state index in [-0.39, 0.29) is 5.91 Å². The maximum absolute atomic E-state index is 14.0. The highest BCUT2D eigenvalue weighted by molar-refractivity contribution is 7.80. The molecule has 0 bridgehead atoms. The van der Waals surface area contributed by atoms with Gasteiger partial charge in [0.1, 0.15) is 5.75 Å². The van der Waals surface area contributed by atoms with Gasteiger partial charge >= 0.3 is 0 Å². The fourth-order valence-electron chi connectivity index (χ4n) is 6.77. The number of ether oxygens (including phenoxy) is 1. The van der Waals surface area contributed by atoms with Gasteiger partial charge in [0.15, 0.2) is 11.2 Å². The molecule has 0 radical (unpaired) electrons. The van der Waals surface area contributed by atoms with Gasteiger partial charge in [-0.15, -0.1) is 0 Å². The predicted molar refractivity (Wildman–Crippen MR) is 187 cm³/mol. The normalized spacial score (nSPS) is 17.4. The van der Waals surface area contributed by atoms with E-state index in [1.807, 2.05) is 24.8 Å². The van der Waals surface area contributed by atoms with Gasteiger partial charge in [-0.05, 0) is 74.3 Å². The SMILES string of the molecule is C=C(NS(=O)N(C)C)c1ccc2c(C3CCCCC3)c3n(c2c1)CC(C(=O)N1CC(N(C)C)C1)=Cc1cc(OC)ccc1-3.CC. The van der Waals surface area contributed by atoms with Crippen molar-refractivity contribution >= 4 is 39.8 Å². The molecule has 1 N–H and O–H groups in total. The van der Waals surface area contributed by atoms with Gasteiger partial charge < -0.3 is 19.1 Å². The van der Waals surface area contributed by atoms with E-state index in [1.165, 1.54) is 35.9 Å². The van der Waals surface area contributed by atoms with Crippen molar-refractivity contribution in [3.63, 3.8) is 0 Å². The van der Waals surface area contributed by atoms with Gasteiger partial charge in [-0.3, -0.25) is 9.52 Å². The van der Waals surface area contributed by atoms with Crippen LogP contribution in [-0.2, 0) is 22.5 Å². The number of likely N-dealkylation sites (N-methyl/N-ethyl adjacent to an activating group) is 1. The molecule has 1 aromatic heterocycles. The zero-order valence-corrected chi connectivity index (χ0v) is 28.8. The van der Waals surface area contributed by atoms with E-state index in [1.54, 1.807) is 25.5 Å². The lowest BCUT2D eigenvalue weighted by atomic mass is 9.81. The van der Waals surface area contributed by atoms with E-state index in [4.69, 9.17) is 4.74 Å². The Morgan fingerprint density at radius 1 is 1.02 bits per heavy atom. The molecule has 2 fully saturated rings. The number of hydrogen-bond donors (Lipinski definition) is 1. The number of carbonyl (C=O) groups is 1. The second kappa shape index (κ2) is 13.9. The molecule has 1 unspecified atom stereocenters. The lowest BCUT2D eigenvalue weighted by molar-refractivity contribution is -0.133. The molecule has 3 aromatic rings. The van der Waals surface area contributed by atoms with Crippen LogP contribution in [0.3, 0.4) is 0 Å². The molecule has 1 aliphatic carbocycles. The molecule has 2 aromatic carbocycles. The first-order chi connectivity index (χ1) is 21.7. The van der Waals surface area contributed by atoms with E-state index in [0.717, 1.165) is 59.5 Å². The Labute approximate surface area is 271 Å². The summed E-state index contributed by atoms with van der Waals surface area (Å²) < 4.78 is 25.2. The molecule has 8 nitrogen and oxygen atoms in total. The van der Waals surface area contributed by atoms with Crippen LogP contribution in [-0.4, -0.2) is 83.2 Å². The second-order valence-electron chi connectivity index (χ2n) is 12.5. The molecule has 0 spiro atoms. The lowest BCUT2D eigenvalue weighted by Gasteiger charge is -2.43. The van der Waals surface area contributed by atoms with Crippen molar-refractivity contribution in [2.75, 3.05) is 48.4 Å². The van der Waals surface area contributed by atoms with Crippen LogP contribution in [0.4, 0.5) is 0 Å². The first-order valence-corrected chi connectivity index (χ1v) is 17.3. The molecule has 2 aliphatic heterocycles. The molecular formula is C36H49N5O3S. The summed E-state index contributed by atoms with van der Waals surface area (Å²) in [7, 11) is 9.35. The molecule has 6 rings (SSSR count). The first-order valence-electron chi connectivity index (χ1n) is 16.2. The number of carbonyl (C=O) groups excluding carboxylic acids is 1. The number of likely N-dealkylation sites (tertiary alicyclic amines) is 1. The summed E-state index contributed by atoms with van der Waals surface area (Å²) in [5.74, 6) is 1.31. The van der Waals surface area contributed by atoms with Crippen LogP contribution in [0.5, 0.6) is 5.75 Å². The molecule has 3 heterocycles. The van der Waals surface area contributed by atoms with Crippen LogP contribution in [0.1, 0.15) is 68.6 Å². The second-order valence-corrected chi connectivity index (χ2v) is 13.9. The van der Waals surface area contributed by atoms with Crippen molar-refractivity contribution in [2.45, 2.75) is 64.5 Å². The number of aromatic nitrogens is 1. The third kappa shape index (κ3) is 6.48.